The summed E-state index contributed by atoms with van der Waals surface area (Å²) in [4.78, 5) is 24.5. The van der Waals surface area contributed by atoms with Crippen LogP contribution in [0.15, 0.2) is 30.3 Å². The van der Waals surface area contributed by atoms with E-state index in [1.807, 2.05) is 37.3 Å². The number of aliphatic carboxylic acids is 1. The molecule has 1 fully saturated rings. The van der Waals surface area contributed by atoms with Crippen molar-refractivity contribution in [2.24, 2.45) is 0 Å². The Balaban J connectivity index is 1.87. The molecule has 2 rings (SSSR count). The highest BCUT2D eigenvalue weighted by atomic mass is 16.4. The van der Waals surface area contributed by atoms with E-state index in [2.05, 4.69) is 5.32 Å². The molecule has 1 aromatic rings. The maximum atomic E-state index is 12.0. The average Bonchev–Trinajstić information content (AvgIpc) is 2.95. The maximum Gasteiger partial charge on any atom is 0.326 e. The van der Waals surface area contributed by atoms with Crippen LogP contribution in [0.1, 0.15) is 31.2 Å². The number of hydrogen-bond donors (Lipinski definition) is 2. The lowest BCUT2D eigenvalue weighted by molar-refractivity contribution is -0.141. The molecular weight excluding hydrogens is 256 g/mol. The number of carbonyl (C=O) groups excluding carboxylic acids is 1. The number of amides is 2. The van der Waals surface area contributed by atoms with Gasteiger partial charge >= 0.3 is 12.0 Å². The number of benzene rings is 1. The fraction of sp³-hybridized carbons (Fsp3) is 0.467. The first-order valence-electron chi connectivity index (χ1n) is 6.92. The zero-order valence-corrected chi connectivity index (χ0v) is 11.6. The fourth-order valence-electron chi connectivity index (χ4n) is 2.51. The van der Waals surface area contributed by atoms with Crippen molar-refractivity contribution in [3.63, 3.8) is 0 Å². The van der Waals surface area contributed by atoms with Gasteiger partial charge in [-0.25, -0.2) is 9.59 Å². The highest BCUT2D eigenvalue weighted by Gasteiger charge is 2.33. The van der Waals surface area contributed by atoms with Crippen molar-refractivity contribution in [3.05, 3.63) is 35.9 Å². The summed E-state index contributed by atoms with van der Waals surface area (Å²) in [6, 6.07) is 8.97. The van der Waals surface area contributed by atoms with E-state index >= 15 is 0 Å². The van der Waals surface area contributed by atoms with Gasteiger partial charge in [0.15, 0.2) is 0 Å². The van der Waals surface area contributed by atoms with Gasteiger partial charge in [-0.1, -0.05) is 37.3 Å². The van der Waals surface area contributed by atoms with Gasteiger partial charge in [-0.15, -0.1) is 0 Å². The summed E-state index contributed by atoms with van der Waals surface area (Å²) in [5, 5.41) is 11.9. The van der Waals surface area contributed by atoms with E-state index < -0.39 is 12.0 Å². The molecule has 2 unspecified atom stereocenters. The Morgan fingerprint density at radius 2 is 2.10 bits per heavy atom. The van der Waals surface area contributed by atoms with Gasteiger partial charge in [-0.2, -0.15) is 0 Å². The van der Waals surface area contributed by atoms with Gasteiger partial charge in [0.1, 0.15) is 6.04 Å². The molecule has 0 aliphatic carbocycles. The quantitative estimate of drug-likeness (QED) is 0.884. The Morgan fingerprint density at radius 3 is 2.75 bits per heavy atom. The summed E-state index contributed by atoms with van der Waals surface area (Å²) in [5.41, 5.74) is 1.16. The number of carbonyl (C=O) groups is 2. The molecule has 0 aromatic heterocycles. The molecule has 2 atom stereocenters. The van der Waals surface area contributed by atoms with Crippen LogP contribution in [-0.2, 0) is 4.79 Å². The second-order valence-corrected chi connectivity index (χ2v) is 5.19. The number of carboxylic acids is 1. The Kier molecular flexibility index (Phi) is 4.61. The normalized spacial score (nSPS) is 19.6. The molecule has 1 aromatic carbocycles. The Labute approximate surface area is 118 Å². The van der Waals surface area contributed by atoms with Gasteiger partial charge in [0.2, 0.25) is 0 Å². The van der Waals surface area contributed by atoms with Crippen LogP contribution in [0.3, 0.4) is 0 Å². The van der Waals surface area contributed by atoms with Gasteiger partial charge in [0.05, 0.1) is 0 Å². The topological polar surface area (TPSA) is 69.6 Å². The molecule has 2 N–H and O–H groups in total. The lowest BCUT2D eigenvalue weighted by atomic mass is 10.0. The first-order chi connectivity index (χ1) is 9.59. The predicted molar refractivity (Wildman–Crippen MR) is 75.6 cm³/mol. The molecule has 5 heteroatoms. The Bertz CT molecular complexity index is 475. The molecule has 0 radical (unpaired) electrons. The number of rotatable bonds is 4. The number of nitrogens with zero attached hydrogens (tertiary/aromatic N) is 1. The third-order valence-electron chi connectivity index (χ3n) is 3.73. The van der Waals surface area contributed by atoms with Crippen molar-refractivity contribution in [1.82, 2.24) is 10.2 Å². The molecule has 5 nitrogen and oxygen atoms in total. The number of nitrogens with one attached hydrogen (secondary N) is 1. The van der Waals surface area contributed by atoms with Crippen LogP contribution in [0.25, 0.3) is 0 Å². The molecule has 0 spiro atoms. The number of likely N-dealkylation sites (tertiary alicyclic amines) is 1. The first-order valence-corrected chi connectivity index (χ1v) is 6.92. The molecular formula is C15H20N2O3. The number of carboxylic acid groups (broad SMARTS) is 1. The van der Waals surface area contributed by atoms with Crippen LogP contribution in [-0.4, -0.2) is 41.1 Å². The second-order valence-electron chi connectivity index (χ2n) is 5.19. The van der Waals surface area contributed by atoms with Crippen LogP contribution >= 0.6 is 0 Å². The lowest BCUT2D eigenvalue weighted by Crippen LogP contribution is -2.46. The highest BCUT2D eigenvalue weighted by Crippen LogP contribution is 2.18. The first kappa shape index (κ1) is 14.4. The van der Waals surface area contributed by atoms with E-state index in [1.54, 1.807) is 0 Å². The number of urea groups is 1. The van der Waals surface area contributed by atoms with E-state index in [9.17, 15) is 9.59 Å². The summed E-state index contributed by atoms with van der Waals surface area (Å²) >= 11 is 0. The van der Waals surface area contributed by atoms with Crippen LogP contribution in [0.2, 0.25) is 0 Å². The van der Waals surface area contributed by atoms with Crippen LogP contribution in [0, 0.1) is 0 Å². The molecule has 1 saturated heterocycles. The minimum absolute atomic E-state index is 0.200. The van der Waals surface area contributed by atoms with E-state index in [-0.39, 0.29) is 11.9 Å². The van der Waals surface area contributed by atoms with Gasteiger partial charge < -0.3 is 15.3 Å². The van der Waals surface area contributed by atoms with E-state index in [0.29, 0.717) is 19.5 Å². The predicted octanol–water partition coefficient (Wildman–Crippen LogP) is 2.05. The summed E-state index contributed by atoms with van der Waals surface area (Å²) in [5.74, 6) is -0.722. The largest absolute Gasteiger partial charge is 0.480 e. The third kappa shape index (κ3) is 3.29. The molecule has 1 aliphatic rings. The van der Waals surface area contributed by atoms with E-state index in [4.69, 9.17) is 5.11 Å². The lowest BCUT2D eigenvalue weighted by Gasteiger charge is -2.23. The van der Waals surface area contributed by atoms with Crippen molar-refractivity contribution in [2.75, 3.05) is 13.1 Å². The van der Waals surface area contributed by atoms with Crippen molar-refractivity contribution in [2.45, 2.75) is 31.7 Å². The van der Waals surface area contributed by atoms with Crippen molar-refractivity contribution in [3.8, 4) is 0 Å². The molecule has 0 saturated carbocycles. The zero-order valence-electron chi connectivity index (χ0n) is 11.6. The molecule has 2 amide bonds. The molecule has 20 heavy (non-hydrogen) atoms. The molecule has 1 heterocycles. The standard InChI is InChI=1S/C15H20N2O3/c1-11(12-6-3-2-4-7-12)10-16-15(20)17-9-5-8-13(17)14(18)19/h2-4,6-7,11,13H,5,8-10H2,1H3,(H,16,20)(H,18,19). The van der Waals surface area contributed by atoms with Crippen LogP contribution in [0.4, 0.5) is 4.79 Å². The number of hydrogen-bond acceptors (Lipinski definition) is 2. The van der Waals surface area contributed by atoms with E-state index in [1.165, 1.54) is 4.90 Å². The summed E-state index contributed by atoms with van der Waals surface area (Å²) in [7, 11) is 0. The average molecular weight is 276 g/mol. The van der Waals surface area contributed by atoms with Crippen LogP contribution in [0.5, 0.6) is 0 Å². The highest BCUT2D eigenvalue weighted by molar-refractivity contribution is 5.83. The van der Waals surface area contributed by atoms with Crippen molar-refractivity contribution >= 4 is 12.0 Å². The van der Waals surface area contributed by atoms with E-state index in [0.717, 1.165) is 12.0 Å². The Morgan fingerprint density at radius 1 is 1.40 bits per heavy atom. The summed E-state index contributed by atoms with van der Waals surface area (Å²) in [6.45, 7) is 3.06. The van der Waals surface area contributed by atoms with Crippen molar-refractivity contribution in [1.29, 1.82) is 0 Å². The minimum Gasteiger partial charge on any atom is -0.480 e. The van der Waals surface area contributed by atoms with Gasteiger partial charge in [-0.3, -0.25) is 0 Å². The van der Waals surface area contributed by atoms with Crippen LogP contribution < -0.4 is 5.32 Å². The van der Waals surface area contributed by atoms with Gasteiger partial charge in [0.25, 0.3) is 0 Å². The molecule has 1 aliphatic heterocycles. The van der Waals surface area contributed by atoms with Gasteiger partial charge in [-0.05, 0) is 24.3 Å². The zero-order chi connectivity index (χ0) is 14.5. The Hall–Kier alpha value is -2.04. The molecule has 108 valence electrons. The molecule has 0 bridgehead atoms. The van der Waals surface area contributed by atoms with Crippen molar-refractivity contribution < 1.29 is 14.7 Å². The second kappa shape index (κ2) is 6.41. The fourth-order valence-corrected chi connectivity index (χ4v) is 2.51. The monoisotopic (exact) mass is 276 g/mol. The van der Waals surface area contributed by atoms with Gasteiger partial charge in [0, 0.05) is 13.1 Å². The maximum absolute atomic E-state index is 12.0. The summed E-state index contributed by atoms with van der Waals surface area (Å²) < 4.78 is 0. The smallest absolute Gasteiger partial charge is 0.326 e. The minimum atomic E-state index is -0.922. The SMILES string of the molecule is CC(CNC(=O)N1CCCC1C(=O)O)c1ccccc1. The third-order valence-corrected chi connectivity index (χ3v) is 3.73. The summed E-state index contributed by atoms with van der Waals surface area (Å²) in [6.07, 6.45) is 1.29.